The normalized spacial score (nSPS) is 32.9. The molecule has 6 heteroatoms. The van der Waals surface area contributed by atoms with Crippen molar-refractivity contribution in [3.8, 4) is 0 Å². The van der Waals surface area contributed by atoms with E-state index in [1.165, 1.54) is 17.5 Å². The number of ether oxygens (including phenoxy) is 1. The van der Waals surface area contributed by atoms with Crippen LogP contribution in [0.1, 0.15) is 68.0 Å². The number of carbonyl (C=O) groups excluding carboxylic acids is 1. The van der Waals surface area contributed by atoms with E-state index in [1.54, 1.807) is 0 Å². The second kappa shape index (κ2) is 7.97. The third-order valence-corrected chi connectivity index (χ3v) is 7.96. The first kappa shape index (κ1) is 20.0. The molecule has 2 N–H and O–H groups in total. The molecule has 2 unspecified atom stereocenters. The Balaban J connectivity index is 1.17. The van der Waals surface area contributed by atoms with Crippen LogP contribution in [0.4, 0.5) is 0 Å². The van der Waals surface area contributed by atoms with Crippen molar-refractivity contribution >= 4 is 11.9 Å². The minimum atomic E-state index is -0.678. The molecule has 30 heavy (non-hydrogen) atoms. The lowest BCUT2D eigenvalue weighted by atomic mass is 9.86. The van der Waals surface area contributed by atoms with Crippen molar-refractivity contribution < 1.29 is 19.4 Å². The van der Waals surface area contributed by atoms with Gasteiger partial charge in [-0.1, -0.05) is 24.3 Å². The number of piperidine rings is 2. The van der Waals surface area contributed by atoms with Crippen LogP contribution >= 0.6 is 0 Å². The summed E-state index contributed by atoms with van der Waals surface area (Å²) in [5.41, 5.74) is 2.95. The molecule has 4 aliphatic rings. The quantitative estimate of drug-likeness (QED) is 0.795. The van der Waals surface area contributed by atoms with E-state index in [9.17, 15) is 14.7 Å². The fraction of sp³-hybridized carbons (Fsp3) is 0.667. The van der Waals surface area contributed by atoms with Gasteiger partial charge in [-0.05, 0) is 74.0 Å². The van der Waals surface area contributed by atoms with Crippen molar-refractivity contribution in [3.63, 3.8) is 0 Å². The van der Waals surface area contributed by atoms with Gasteiger partial charge in [0.1, 0.15) is 6.10 Å². The second-order valence-electron chi connectivity index (χ2n) is 9.68. The molecule has 4 fully saturated rings. The van der Waals surface area contributed by atoms with Gasteiger partial charge in [0.05, 0.1) is 5.92 Å². The van der Waals surface area contributed by atoms with Gasteiger partial charge in [0.2, 0.25) is 0 Å². The minimum absolute atomic E-state index is 0.133. The maximum Gasteiger partial charge on any atom is 0.306 e. The molecule has 1 aliphatic carbocycles. The van der Waals surface area contributed by atoms with Gasteiger partial charge in [0, 0.05) is 25.7 Å². The second-order valence-corrected chi connectivity index (χ2v) is 9.68. The molecular weight excluding hydrogens is 380 g/mol. The number of carboxylic acids is 1. The number of hydrogen-bond acceptors (Lipinski definition) is 4. The van der Waals surface area contributed by atoms with E-state index in [2.05, 4.69) is 29.6 Å². The number of benzene rings is 1. The highest BCUT2D eigenvalue weighted by atomic mass is 16.5. The standard InChI is InChI=1S/C24H32N2O4/c27-22(21-2-1-13-30-21)26-11-8-24(9-12-26)15-19(24)16-3-5-17(6-4-16)20-14-18(23(28)29)7-10-25-20/h3-6,18-21,25H,1-2,7-15H2,(H,28,29)/t18?,19-,20?,21-/m1/s1. The van der Waals surface area contributed by atoms with E-state index in [0.717, 1.165) is 51.9 Å². The highest BCUT2D eigenvalue weighted by Gasteiger charge is 2.55. The number of hydrogen-bond donors (Lipinski definition) is 2. The Labute approximate surface area is 178 Å². The molecule has 1 aromatic carbocycles. The zero-order chi connectivity index (χ0) is 20.7. The third kappa shape index (κ3) is 3.76. The third-order valence-electron chi connectivity index (χ3n) is 7.96. The molecule has 0 aromatic heterocycles. The number of nitrogens with one attached hydrogen (secondary N) is 1. The number of nitrogens with zero attached hydrogens (tertiary/aromatic N) is 1. The molecule has 3 aliphatic heterocycles. The largest absolute Gasteiger partial charge is 0.481 e. The maximum atomic E-state index is 12.6. The van der Waals surface area contributed by atoms with Gasteiger partial charge in [0.25, 0.3) is 5.91 Å². The lowest BCUT2D eigenvalue weighted by Gasteiger charge is -2.34. The Hall–Kier alpha value is -1.92. The van der Waals surface area contributed by atoms with Crippen LogP contribution in [0, 0.1) is 11.3 Å². The fourth-order valence-corrected chi connectivity index (χ4v) is 5.88. The van der Waals surface area contributed by atoms with Crippen LogP contribution in [0.25, 0.3) is 0 Å². The molecule has 4 atom stereocenters. The van der Waals surface area contributed by atoms with E-state index in [0.29, 0.717) is 24.2 Å². The number of amides is 1. The topological polar surface area (TPSA) is 78.9 Å². The van der Waals surface area contributed by atoms with Crippen molar-refractivity contribution in [2.24, 2.45) is 11.3 Å². The van der Waals surface area contributed by atoms with Crippen LogP contribution in [-0.4, -0.2) is 54.2 Å². The van der Waals surface area contributed by atoms with Crippen LogP contribution in [0.5, 0.6) is 0 Å². The predicted molar refractivity (Wildman–Crippen MR) is 112 cm³/mol. The Morgan fingerprint density at radius 2 is 1.83 bits per heavy atom. The average Bonchev–Trinajstić information content (AvgIpc) is 3.20. The summed E-state index contributed by atoms with van der Waals surface area (Å²) in [6.07, 6.45) is 6.44. The van der Waals surface area contributed by atoms with Gasteiger partial charge >= 0.3 is 5.97 Å². The number of rotatable bonds is 4. The number of aliphatic carboxylic acids is 1. The maximum absolute atomic E-state index is 12.6. The molecule has 3 heterocycles. The lowest BCUT2D eigenvalue weighted by Crippen LogP contribution is -2.44. The zero-order valence-electron chi connectivity index (χ0n) is 17.5. The van der Waals surface area contributed by atoms with E-state index in [1.807, 2.05) is 4.90 Å². The molecule has 0 radical (unpaired) electrons. The Kier molecular flexibility index (Phi) is 5.31. The summed E-state index contributed by atoms with van der Waals surface area (Å²) >= 11 is 0. The van der Waals surface area contributed by atoms with Crippen molar-refractivity contribution in [3.05, 3.63) is 35.4 Å². The molecular formula is C24H32N2O4. The summed E-state index contributed by atoms with van der Waals surface area (Å²) in [5.74, 6) is -0.131. The summed E-state index contributed by atoms with van der Waals surface area (Å²) in [6, 6.07) is 8.97. The van der Waals surface area contributed by atoms with Crippen molar-refractivity contribution in [2.75, 3.05) is 26.2 Å². The van der Waals surface area contributed by atoms with E-state index >= 15 is 0 Å². The summed E-state index contributed by atoms with van der Waals surface area (Å²) in [6.45, 7) is 3.20. The first-order chi connectivity index (χ1) is 14.6. The summed E-state index contributed by atoms with van der Waals surface area (Å²) in [5, 5.41) is 12.8. The zero-order valence-corrected chi connectivity index (χ0v) is 17.5. The predicted octanol–water partition coefficient (Wildman–Crippen LogP) is 3.09. The fourth-order valence-electron chi connectivity index (χ4n) is 5.88. The summed E-state index contributed by atoms with van der Waals surface area (Å²) < 4.78 is 5.58. The van der Waals surface area contributed by atoms with Gasteiger partial charge < -0.3 is 20.1 Å². The van der Waals surface area contributed by atoms with Crippen molar-refractivity contribution in [2.45, 2.75) is 63.0 Å². The molecule has 162 valence electrons. The Morgan fingerprint density at radius 3 is 2.50 bits per heavy atom. The van der Waals surface area contributed by atoms with E-state index < -0.39 is 5.97 Å². The van der Waals surface area contributed by atoms with Crippen LogP contribution in [0.3, 0.4) is 0 Å². The molecule has 0 bridgehead atoms. The van der Waals surface area contributed by atoms with Crippen molar-refractivity contribution in [1.82, 2.24) is 10.2 Å². The van der Waals surface area contributed by atoms with Crippen LogP contribution in [-0.2, 0) is 14.3 Å². The number of carboxylic acid groups (broad SMARTS) is 1. The molecule has 5 rings (SSSR count). The van der Waals surface area contributed by atoms with Crippen molar-refractivity contribution in [1.29, 1.82) is 0 Å². The highest BCUT2D eigenvalue weighted by Crippen LogP contribution is 2.65. The van der Waals surface area contributed by atoms with E-state index in [-0.39, 0.29) is 24.0 Å². The SMILES string of the molecule is O=C(O)C1CCNC(c2ccc([C@H]3CC34CCN(C(=O)[C@H]3CCCO3)CC4)cc2)C1. The number of likely N-dealkylation sites (tertiary alicyclic amines) is 1. The van der Waals surface area contributed by atoms with Crippen LogP contribution in [0.15, 0.2) is 24.3 Å². The Bertz CT molecular complexity index is 794. The monoisotopic (exact) mass is 412 g/mol. The number of carbonyl (C=O) groups is 2. The van der Waals surface area contributed by atoms with Gasteiger partial charge in [-0.3, -0.25) is 9.59 Å². The van der Waals surface area contributed by atoms with Gasteiger partial charge in [-0.2, -0.15) is 0 Å². The molecule has 1 aromatic rings. The van der Waals surface area contributed by atoms with Gasteiger partial charge in [-0.25, -0.2) is 0 Å². The van der Waals surface area contributed by atoms with Gasteiger partial charge in [-0.15, -0.1) is 0 Å². The first-order valence-electron chi connectivity index (χ1n) is 11.5. The van der Waals surface area contributed by atoms with E-state index in [4.69, 9.17) is 4.74 Å². The summed E-state index contributed by atoms with van der Waals surface area (Å²) in [7, 11) is 0. The molecule has 6 nitrogen and oxygen atoms in total. The first-order valence-corrected chi connectivity index (χ1v) is 11.5. The molecule has 1 amide bonds. The molecule has 1 saturated carbocycles. The highest BCUT2D eigenvalue weighted by molar-refractivity contribution is 5.81. The van der Waals surface area contributed by atoms with Crippen LogP contribution in [0.2, 0.25) is 0 Å². The molecule has 1 spiro atoms. The van der Waals surface area contributed by atoms with Crippen LogP contribution < -0.4 is 5.32 Å². The lowest BCUT2D eigenvalue weighted by molar-refractivity contribution is -0.143. The Morgan fingerprint density at radius 1 is 1.10 bits per heavy atom. The smallest absolute Gasteiger partial charge is 0.306 e. The summed E-state index contributed by atoms with van der Waals surface area (Å²) in [4.78, 5) is 26.0. The van der Waals surface area contributed by atoms with Gasteiger partial charge in [0.15, 0.2) is 0 Å². The molecule has 3 saturated heterocycles. The minimum Gasteiger partial charge on any atom is -0.481 e. The average molecular weight is 413 g/mol.